The maximum Gasteiger partial charge on any atom is 0.266 e. The van der Waals surface area contributed by atoms with Gasteiger partial charge in [-0.05, 0) is 67.6 Å². The molecule has 0 saturated carbocycles. The molecule has 0 N–H and O–H groups in total. The zero-order chi connectivity index (χ0) is 24.5. The topological polar surface area (TPSA) is 105 Å². The van der Waals surface area contributed by atoms with Crippen molar-refractivity contribution in [2.75, 3.05) is 14.2 Å². The molecule has 8 nitrogen and oxygen atoms in total. The molecule has 0 bridgehead atoms. The fourth-order valence-electron chi connectivity index (χ4n) is 3.65. The molecule has 172 valence electrons. The van der Waals surface area contributed by atoms with Gasteiger partial charge in [0, 0.05) is 7.05 Å². The number of para-hydroxylation sites is 1. The fourth-order valence-corrected chi connectivity index (χ4v) is 4.97. The van der Waals surface area contributed by atoms with Gasteiger partial charge in [0.15, 0.2) is 0 Å². The van der Waals surface area contributed by atoms with Crippen LogP contribution in [-0.4, -0.2) is 36.4 Å². The van der Waals surface area contributed by atoms with Gasteiger partial charge in [-0.3, -0.25) is 9.36 Å². The SMILES string of the molecule is COc1ccc(-n2c(C(C)N(C)S(=O)(=O)c3ccc(C#N)cc3)nc3ccccc3c2=O)cc1. The van der Waals surface area contributed by atoms with Crippen LogP contribution in [0, 0.1) is 11.3 Å². The van der Waals surface area contributed by atoms with E-state index in [4.69, 9.17) is 15.0 Å². The number of hydrogen-bond donors (Lipinski definition) is 0. The van der Waals surface area contributed by atoms with E-state index in [1.165, 1.54) is 40.2 Å². The Balaban J connectivity index is 1.88. The fraction of sp³-hybridized carbons (Fsp3) is 0.160. The molecule has 3 aromatic carbocycles. The van der Waals surface area contributed by atoms with Crippen LogP contribution in [0.5, 0.6) is 5.75 Å². The summed E-state index contributed by atoms with van der Waals surface area (Å²) in [6, 6.07) is 20.7. The third-order valence-electron chi connectivity index (χ3n) is 5.71. The maximum absolute atomic E-state index is 13.5. The molecule has 34 heavy (non-hydrogen) atoms. The third-order valence-corrected chi connectivity index (χ3v) is 7.65. The van der Waals surface area contributed by atoms with Crippen molar-refractivity contribution in [1.82, 2.24) is 13.9 Å². The maximum atomic E-state index is 13.5. The van der Waals surface area contributed by atoms with Gasteiger partial charge in [0.05, 0.1) is 46.3 Å². The normalized spacial score (nSPS) is 12.4. The summed E-state index contributed by atoms with van der Waals surface area (Å²) in [5.41, 5.74) is 1.07. The number of nitriles is 1. The first kappa shape index (κ1) is 23.2. The van der Waals surface area contributed by atoms with E-state index in [0.717, 1.165) is 0 Å². The van der Waals surface area contributed by atoms with Crippen LogP contribution < -0.4 is 10.3 Å². The van der Waals surface area contributed by atoms with Crippen LogP contribution in [0.2, 0.25) is 0 Å². The highest BCUT2D eigenvalue weighted by atomic mass is 32.2. The predicted octanol–water partition coefficient (Wildman–Crippen LogP) is 3.65. The lowest BCUT2D eigenvalue weighted by molar-refractivity contribution is 0.379. The molecule has 4 aromatic rings. The van der Waals surface area contributed by atoms with Crippen molar-refractivity contribution >= 4 is 20.9 Å². The number of nitrogens with zero attached hydrogens (tertiary/aromatic N) is 4. The average Bonchev–Trinajstić information content (AvgIpc) is 2.88. The Labute approximate surface area is 197 Å². The summed E-state index contributed by atoms with van der Waals surface area (Å²) >= 11 is 0. The Bertz CT molecular complexity index is 1550. The summed E-state index contributed by atoms with van der Waals surface area (Å²) < 4.78 is 34.5. The average molecular weight is 475 g/mol. The van der Waals surface area contributed by atoms with Gasteiger partial charge in [-0.2, -0.15) is 9.57 Å². The van der Waals surface area contributed by atoms with E-state index >= 15 is 0 Å². The molecule has 1 aromatic heterocycles. The molecule has 0 aliphatic rings. The highest BCUT2D eigenvalue weighted by Crippen LogP contribution is 2.27. The molecule has 9 heteroatoms. The Morgan fingerprint density at radius 3 is 2.29 bits per heavy atom. The summed E-state index contributed by atoms with van der Waals surface area (Å²) in [7, 11) is -0.945. The third kappa shape index (κ3) is 4.05. The second-order valence-corrected chi connectivity index (χ2v) is 9.66. The van der Waals surface area contributed by atoms with Crippen LogP contribution in [0.1, 0.15) is 24.4 Å². The molecule has 0 fully saturated rings. The lowest BCUT2D eigenvalue weighted by atomic mass is 10.2. The molecule has 0 aliphatic carbocycles. The Hall–Kier alpha value is -4.00. The zero-order valence-electron chi connectivity index (χ0n) is 18.8. The van der Waals surface area contributed by atoms with Crippen molar-refractivity contribution < 1.29 is 13.2 Å². The minimum atomic E-state index is -3.94. The lowest BCUT2D eigenvalue weighted by Gasteiger charge is -2.26. The number of fused-ring (bicyclic) bond motifs is 1. The molecular weight excluding hydrogens is 452 g/mol. The van der Waals surface area contributed by atoms with Gasteiger partial charge in [-0.25, -0.2) is 13.4 Å². The number of methoxy groups -OCH3 is 1. The number of ether oxygens (including phenoxy) is 1. The van der Waals surface area contributed by atoms with E-state index in [-0.39, 0.29) is 16.3 Å². The number of hydrogen-bond acceptors (Lipinski definition) is 6. The number of benzene rings is 3. The van der Waals surface area contributed by atoms with E-state index in [1.54, 1.807) is 62.6 Å². The van der Waals surface area contributed by atoms with Gasteiger partial charge < -0.3 is 4.74 Å². The zero-order valence-corrected chi connectivity index (χ0v) is 19.7. The van der Waals surface area contributed by atoms with Gasteiger partial charge in [-0.1, -0.05) is 12.1 Å². The summed E-state index contributed by atoms with van der Waals surface area (Å²) in [6.07, 6.45) is 0. The number of sulfonamides is 1. The van der Waals surface area contributed by atoms with Gasteiger partial charge in [0.2, 0.25) is 10.0 Å². The Morgan fingerprint density at radius 2 is 1.68 bits per heavy atom. The second kappa shape index (κ2) is 9.09. The van der Waals surface area contributed by atoms with Crippen molar-refractivity contribution in [3.8, 4) is 17.5 Å². The number of aromatic nitrogens is 2. The summed E-state index contributed by atoms with van der Waals surface area (Å²) in [5.74, 6) is 0.897. The van der Waals surface area contributed by atoms with Gasteiger partial charge in [0.1, 0.15) is 11.6 Å². The van der Waals surface area contributed by atoms with Gasteiger partial charge in [-0.15, -0.1) is 0 Å². The summed E-state index contributed by atoms with van der Waals surface area (Å²) in [5, 5.41) is 9.43. The van der Waals surface area contributed by atoms with Crippen molar-refractivity contribution in [2.24, 2.45) is 0 Å². The summed E-state index contributed by atoms with van der Waals surface area (Å²) in [6.45, 7) is 1.68. The van der Waals surface area contributed by atoms with Crippen LogP contribution in [0.25, 0.3) is 16.6 Å². The van der Waals surface area contributed by atoms with Crippen LogP contribution in [0.4, 0.5) is 0 Å². The first-order chi connectivity index (χ1) is 16.3. The molecular formula is C25H22N4O4S. The van der Waals surface area contributed by atoms with E-state index in [0.29, 0.717) is 27.9 Å². The number of rotatable bonds is 6. The summed E-state index contributed by atoms with van der Waals surface area (Å²) in [4.78, 5) is 18.2. The molecule has 1 heterocycles. The van der Waals surface area contributed by atoms with E-state index in [2.05, 4.69) is 0 Å². The molecule has 0 radical (unpaired) electrons. The highest BCUT2D eigenvalue weighted by Gasteiger charge is 2.30. The molecule has 1 atom stereocenters. The van der Waals surface area contributed by atoms with Crippen LogP contribution in [-0.2, 0) is 10.0 Å². The van der Waals surface area contributed by atoms with E-state index in [1.807, 2.05) is 6.07 Å². The smallest absolute Gasteiger partial charge is 0.266 e. The molecule has 0 aliphatic heterocycles. The van der Waals surface area contributed by atoms with Crippen LogP contribution in [0.15, 0.2) is 82.5 Å². The van der Waals surface area contributed by atoms with Gasteiger partial charge in [0.25, 0.3) is 5.56 Å². The quantitative estimate of drug-likeness (QED) is 0.422. The lowest BCUT2D eigenvalue weighted by Crippen LogP contribution is -2.34. The standard InChI is InChI=1S/C25H22N4O4S/c1-17(28(2)34(31,32)21-14-8-18(16-26)9-15-21)24-27-23-7-5-4-6-22(23)25(30)29(24)19-10-12-20(33-3)13-11-19/h4-15,17H,1-3H3. The van der Waals surface area contributed by atoms with Crippen molar-refractivity contribution in [3.05, 3.63) is 94.5 Å². The second-order valence-electron chi connectivity index (χ2n) is 7.66. The van der Waals surface area contributed by atoms with Crippen molar-refractivity contribution in [3.63, 3.8) is 0 Å². The van der Waals surface area contributed by atoms with Crippen molar-refractivity contribution in [2.45, 2.75) is 17.9 Å². The van der Waals surface area contributed by atoms with E-state index in [9.17, 15) is 13.2 Å². The first-order valence-electron chi connectivity index (χ1n) is 10.4. The predicted molar refractivity (Wildman–Crippen MR) is 128 cm³/mol. The van der Waals surface area contributed by atoms with Gasteiger partial charge >= 0.3 is 0 Å². The molecule has 0 saturated heterocycles. The van der Waals surface area contributed by atoms with Crippen LogP contribution >= 0.6 is 0 Å². The first-order valence-corrected chi connectivity index (χ1v) is 11.9. The molecule has 4 rings (SSSR count). The molecule has 0 amide bonds. The largest absolute Gasteiger partial charge is 0.497 e. The van der Waals surface area contributed by atoms with Crippen molar-refractivity contribution in [1.29, 1.82) is 5.26 Å². The Morgan fingerprint density at radius 1 is 1.03 bits per heavy atom. The highest BCUT2D eigenvalue weighted by molar-refractivity contribution is 7.89. The monoisotopic (exact) mass is 474 g/mol. The minimum Gasteiger partial charge on any atom is -0.497 e. The Kier molecular flexibility index (Phi) is 6.20. The van der Waals surface area contributed by atoms with E-state index < -0.39 is 16.1 Å². The minimum absolute atomic E-state index is 0.0417. The van der Waals surface area contributed by atoms with Crippen LogP contribution in [0.3, 0.4) is 0 Å². The molecule has 1 unspecified atom stereocenters. The molecule has 0 spiro atoms.